The Bertz CT molecular complexity index is 233. The molecule has 0 aliphatic heterocycles. The van der Waals surface area contributed by atoms with Crippen molar-refractivity contribution in [2.45, 2.75) is 0 Å². The van der Waals surface area contributed by atoms with E-state index in [0.29, 0.717) is 12.3 Å². The molecule has 1 rings (SSSR count). The molecule has 2 nitrogen and oxygen atoms in total. The molecule has 0 amide bonds. The zero-order chi connectivity index (χ0) is 8.81. The molecular formula is C8H11NOS2. The highest BCUT2D eigenvalue weighted by Gasteiger charge is 2.05. The number of ketones is 1. The van der Waals surface area contributed by atoms with Crippen LogP contribution in [0.1, 0.15) is 9.67 Å². The van der Waals surface area contributed by atoms with E-state index in [-0.39, 0.29) is 5.78 Å². The molecular weight excluding hydrogens is 190 g/mol. The Morgan fingerprint density at radius 1 is 1.67 bits per heavy atom. The maximum atomic E-state index is 11.3. The van der Waals surface area contributed by atoms with Crippen LogP contribution in [0.3, 0.4) is 0 Å². The Labute approximate surface area is 80.2 Å². The summed E-state index contributed by atoms with van der Waals surface area (Å²) in [5.41, 5.74) is 5.30. The summed E-state index contributed by atoms with van der Waals surface area (Å²) in [6.45, 7) is 0.641. The molecule has 0 bridgehead atoms. The van der Waals surface area contributed by atoms with Gasteiger partial charge in [-0.3, -0.25) is 4.79 Å². The number of hydrogen-bond acceptors (Lipinski definition) is 4. The van der Waals surface area contributed by atoms with Crippen LogP contribution in [0.4, 0.5) is 0 Å². The van der Waals surface area contributed by atoms with Gasteiger partial charge in [-0.2, -0.15) is 11.8 Å². The summed E-state index contributed by atoms with van der Waals surface area (Å²) >= 11 is 3.09. The van der Waals surface area contributed by atoms with E-state index in [1.165, 1.54) is 11.3 Å². The van der Waals surface area contributed by atoms with Gasteiger partial charge in [0.05, 0.1) is 10.6 Å². The molecule has 1 aromatic heterocycles. The highest BCUT2D eigenvalue weighted by molar-refractivity contribution is 8.00. The largest absolute Gasteiger partial charge is 0.330 e. The number of rotatable bonds is 5. The van der Waals surface area contributed by atoms with Gasteiger partial charge in [-0.25, -0.2) is 0 Å². The molecule has 0 saturated heterocycles. The quantitative estimate of drug-likeness (QED) is 0.581. The first kappa shape index (κ1) is 9.77. The lowest BCUT2D eigenvalue weighted by Gasteiger charge is -1.95. The summed E-state index contributed by atoms with van der Waals surface area (Å²) < 4.78 is 0. The van der Waals surface area contributed by atoms with Gasteiger partial charge in [0, 0.05) is 12.3 Å². The maximum absolute atomic E-state index is 11.3. The van der Waals surface area contributed by atoms with Crippen LogP contribution >= 0.6 is 23.1 Å². The monoisotopic (exact) mass is 201 g/mol. The average molecular weight is 201 g/mol. The van der Waals surface area contributed by atoms with Gasteiger partial charge in [0.2, 0.25) is 0 Å². The van der Waals surface area contributed by atoms with Crippen molar-refractivity contribution in [3.8, 4) is 0 Å². The molecule has 0 unspecified atom stereocenters. The minimum atomic E-state index is 0.212. The zero-order valence-electron chi connectivity index (χ0n) is 6.66. The van der Waals surface area contributed by atoms with E-state index < -0.39 is 0 Å². The van der Waals surface area contributed by atoms with Crippen molar-refractivity contribution in [2.75, 3.05) is 18.1 Å². The third kappa shape index (κ3) is 2.97. The van der Waals surface area contributed by atoms with Crippen molar-refractivity contribution in [3.05, 3.63) is 22.4 Å². The molecule has 0 saturated carbocycles. The Hall–Kier alpha value is -0.320. The van der Waals surface area contributed by atoms with E-state index in [1.807, 2.05) is 17.5 Å². The van der Waals surface area contributed by atoms with E-state index in [2.05, 4.69) is 0 Å². The van der Waals surface area contributed by atoms with E-state index >= 15 is 0 Å². The van der Waals surface area contributed by atoms with Crippen LogP contribution < -0.4 is 5.73 Å². The summed E-state index contributed by atoms with van der Waals surface area (Å²) in [5.74, 6) is 1.62. The van der Waals surface area contributed by atoms with Crippen molar-refractivity contribution >= 4 is 28.9 Å². The molecule has 2 N–H and O–H groups in total. The number of nitrogens with two attached hydrogens (primary N) is 1. The molecule has 66 valence electrons. The Morgan fingerprint density at radius 3 is 3.08 bits per heavy atom. The predicted molar refractivity (Wildman–Crippen MR) is 55.0 cm³/mol. The van der Waals surface area contributed by atoms with Crippen LogP contribution in [0.5, 0.6) is 0 Å². The van der Waals surface area contributed by atoms with E-state index in [0.717, 1.165) is 10.6 Å². The molecule has 0 aliphatic carbocycles. The second kappa shape index (κ2) is 5.35. The lowest BCUT2D eigenvalue weighted by molar-refractivity contribution is 0.102. The molecule has 0 aromatic carbocycles. The summed E-state index contributed by atoms with van der Waals surface area (Å²) in [6.07, 6.45) is 0. The van der Waals surface area contributed by atoms with Gasteiger partial charge in [-0.1, -0.05) is 6.07 Å². The van der Waals surface area contributed by atoms with Gasteiger partial charge in [0.1, 0.15) is 0 Å². The fraction of sp³-hybridized carbons (Fsp3) is 0.375. The van der Waals surface area contributed by atoms with Crippen molar-refractivity contribution in [1.82, 2.24) is 0 Å². The molecule has 4 heteroatoms. The van der Waals surface area contributed by atoms with Crippen LogP contribution in [-0.4, -0.2) is 23.8 Å². The number of carbonyl (C=O) groups is 1. The van der Waals surface area contributed by atoms with Gasteiger partial charge in [-0.05, 0) is 11.4 Å². The van der Waals surface area contributed by atoms with Crippen molar-refractivity contribution in [1.29, 1.82) is 0 Å². The summed E-state index contributed by atoms with van der Waals surface area (Å²) in [4.78, 5) is 12.2. The molecule has 0 atom stereocenters. The van der Waals surface area contributed by atoms with Crippen LogP contribution in [0.15, 0.2) is 17.5 Å². The summed E-state index contributed by atoms with van der Waals surface area (Å²) in [6, 6.07) is 3.75. The second-order valence-electron chi connectivity index (χ2n) is 2.24. The highest BCUT2D eigenvalue weighted by atomic mass is 32.2. The third-order valence-corrected chi connectivity index (χ3v) is 3.19. The molecule has 0 radical (unpaired) electrons. The summed E-state index contributed by atoms with van der Waals surface area (Å²) in [5, 5.41) is 1.92. The van der Waals surface area contributed by atoms with E-state index in [1.54, 1.807) is 11.8 Å². The van der Waals surface area contributed by atoms with Gasteiger partial charge in [0.15, 0.2) is 5.78 Å². The molecule has 0 aliphatic rings. The lowest BCUT2D eigenvalue weighted by Crippen LogP contribution is -2.05. The van der Waals surface area contributed by atoms with Crippen LogP contribution in [0.2, 0.25) is 0 Å². The van der Waals surface area contributed by atoms with Gasteiger partial charge >= 0.3 is 0 Å². The van der Waals surface area contributed by atoms with E-state index in [9.17, 15) is 4.79 Å². The fourth-order valence-corrected chi connectivity index (χ4v) is 2.16. The summed E-state index contributed by atoms with van der Waals surface area (Å²) in [7, 11) is 0. The fourth-order valence-electron chi connectivity index (χ4n) is 0.757. The number of thioether (sulfide) groups is 1. The van der Waals surface area contributed by atoms with E-state index in [4.69, 9.17) is 5.73 Å². The van der Waals surface area contributed by atoms with Gasteiger partial charge < -0.3 is 5.73 Å². The molecule has 1 aromatic rings. The third-order valence-electron chi connectivity index (χ3n) is 1.29. The number of thiophene rings is 1. The SMILES string of the molecule is NCCSCC(=O)c1cccs1. The molecule has 0 fully saturated rings. The zero-order valence-corrected chi connectivity index (χ0v) is 8.29. The Morgan fingerprint density at radius 2 is 2.50 bits per heavy atom. The minimum Gasteiger partial charge on any atom is -0.330 e. The first-order valence-corrected chi connectivity index (χ1v) is 5.72. The predicted octanol–water partition coefficient (Wildman–Crippen LogP) is 1.62. The molecule has 1 heterocycles. The lowest BCUT2D eigenvalue weighted by atomic mass is 10.4. The molecule has 0 spiro atoms. The number of carbonyl (C=O) groups excluding carboxylic acids is 1. The highest BCUT2D eigenvalue weighted by Crippen LogP contribution is 2.12. The Balaban J connectivity index is 2.30. The van der Waals surface area contributed by atoms with Gasteiger partial charge in [-0.15, -0.1) is 11.3 Å². The second-order valence-corrected chi connectivity index (χ2v) is 4.29. The van der Waals surface area contributed by atoms with Crippen molar-refractivity contribution < 1.29 is 4.79 Å². The van der Waals surface area contributed by atoms with Crippen LogP contribution in [0, 0.1) is 0 Å². The normalized spacial score (nSPS) is 10.1. The first-order chi connectivity index (χ1) is 5.84. The number of hydrogen-bond donors (Lipinski definition) is 1. The van der Waals surface area contributed by atoms with Crippen LogP contribution in [0.25, 0.3) is 0 Å². The van der Waals surface area contributed by atoms with Crippen LogP contribution in [-0.2, 0) is 0 Å². The van der Waals surface area contributed by atoms with Crippen molar-refractivity contribution in [2.24, 2.45) is 5.73 Å². The van der Waals surface area contributed by atoms with Gasteiger partial charge in [0.25, 0.3) is 0 Å². The number of Topliss-reactive ketones (excluding diaryl/α,β-unsaturated/α-hetero) is 1. The average Bonchev–Trinajstić information content (AvgIpc) is 2.56. The topological polar surface area (TPSA) is 43.1 Å². The minimum absolute atomic E-state index is 0.212. The standard InChI is InChI=1S/C8H11NOS2/c9-3-5-11-6-7(10)8-2-1-4-12-8/h1-2,4H,3,5-6,9H2. The first-order valence-electron chi connectivity index (χ1n) is 3.69. The molecule has 12 heavy (non-hydrogen) atoms. The van der Waals surface area contributed by atoms with Crippen molar-refractivity contribution in [3.63, 3.8) is 0 Å². The Kier molecular flexibility index (Phi) is 4.35. The smallest absolute Gasteiger partial charge is 0.182 e. The maximum Gasteiger partial charge on any atom is 0.182 e.